The molecule has 0 aliphatic carbocycles. The monoisotopic (exact) mass is 201 g/mol. The average molecular weight is 201 g/mol. The summed E-state index contributed by atoms with van der Waals surface area (Å²) in [6, 6.07) is 0. The number of hydrogen-bond donors (Lipinski definition) is 1. The van der Waals surface area contributed by atoms with E-state index in [0.29, 0.717) is 0 Å². The summed E-state index contributed by atoms with van der Waals surface area (Å²) in [5.41, 5.74) is 5.34. The Labute approximate surface area is 76.8 Å². The summed E-state index contributed by atoms with van der Waals surface area (Å²) >= 11 is 0. The summed E-state index contributed by atoms with van der Waals surface area (Å²) < 4.78 is 22.9. The van der Waals surface area contributed by atoms with Gasteiger partial charge in [0.2, 0.25) is 15.0 Å². The number of nitrogens with two attached hydrogens (primary N) is 1. The summed E-state index contributed by atoms with van der Waals surface area (Å²) in [7, 11) is -3.33. The molecule has 5 nitrogen and oxygen atoms in total. The van der Waals surface area contributed by atoms with E-state index in [2.05, 4.69) is 4.99 Å². The molecule has 0 aromatic heterocycles. The zero-order chi connectivity index (χ0) is 9.47. The van der Waals surface area contributed by atoms with Crippen LogP contribution in [-0.2, 0) is 9.84 Å². The number of amidine groups is 1. The van der Waals surface area contributed by atoms with Crippen LogP contribution in [0.3, 0.4) is 0 Å². The molecule has 0 atom stereocenters. The van der Waals surface area contributed by atoms with Gasteiger partial charge in [0, 0.05) is 13.1 Å². The van der Waals surface area contributed by atoms with Gasteiger partial charge >= 0.3 is 0 Å². The first-order valence-corrected chi connectivity index (χ1v) is 5.70. The van der Waals surface area contributed by atoms with Gasteiger partial charge in [-0.2, -0.15) is 0 Å². The molecule has 2 N–H and O–H groups in total. The van der Waals surface area contributed by atoms with Crippen molar-refractivity contribution in [1.82, 2.24) is 4.90 Å². The molecule has 0 spiro atoms. The lowest BCUT2D eigenvalue weighted by molar-refractivity contribution is 0.522. The highest BCUT2D eigenvalue weighted by atomic mass is 32.2. The highest BCUT2D eigenvalue weighted by Gasteiger charge is 2.30. The van der Waals surface area contributed by atoms with Crippen LogP contribution in [0.1, 0.15) is 12.8 Å². The topological polar surface area (TPSA) is 75.8 Å². The van der Waals surface area contributed by atoms with Gasteiger partial charge in [0.25, 0.3) is 0 Å². The van der Waals surface area contributed by atoms with E-state index in [1.165, 1.54) is 0 Å². The molecule has 2 aliphatic heterocycles. The molecule has 0 unspecified atom stereocenters. The molecule has 6 heteroatoms. The van der Waals surface area contributed by atoms with Gasteiger partial charge in [0.1, 0.15) is 5.82 Å². The van der Waals surface area contributed by atoms with Crippen LogP contribution in [0.5, 0.6) is 0 Å². The van der Waals surface area contributed by atoms with Crippen LogP contribution in [0.15, 0.2) is 16.2 Å². The molecule has 0 radical (unpaired) electrons. The molecule has 0 aromatic rings. The summed E-state index contributed by atoms with van der Waals surface area (Å²) in [5, 5.41) is 1.14. The molecule has 0 bridgehead atoms. The standard InChI is InChI=1S/C7H11N3O2S/c8-6-5-13(11,12)7(9-6)10-3-1-2-4-10/h5H,1-4,8H2. The molecule has 13 heavy (non-hydrogen) atoms. The summed E-state index contributed by atoms with van der Waals surface area (Å²) in [5.74, 6) is 0.0851. The Morgan fingerprint density at radius 3 is 2.46 bits per heavy atom. The maximum absolute atomic E-state index is 11.4. The second-order valence-corrected chi connectivity index (χ2v) is 4.87. The van der Waals surface area contributed by atoms with Crippen LogP contribution in [0.25, 0.3) is 0 Å². The molecular weight excluding hydrogens is 190 g/mol. The van der Waals surface area contributed by atoms with E-state index in [0.717, 1.165) is 31.3 Å². The van der Waals surface area contributed by atoms with Crippen LogP contribution < -0.4 is 5.73 Å². The zero-order valence-electron chi connectivity index (χ0n) is 7.10. The Kier molecular flexibility index (Phi) is 1.80. The van der Waals surface area contributed by atoms with Crippen LogP contribution in [0.2, 0.25) is 0 Å². The van der Waals surface area contributed by atoms with Crippen molar-refractivity contribution in [3.63, 3.8) is 0 Å². The molecule has 72 valence electrons. The van der Waals surface area contributed by atoms with Crippen molar-refractivity contribution in [3.05, 3.63) is 11.2 Å². The van der Waals surface area contributed by atoms with Gasteiger partial charge in [-0.15, -0.1) is 0 Å². The quantitative estimate of drug-likeness (QED) is 0.580. The van der Waals surface area contributed by atoms with E-state index < -0.39 is 9.84 Å². The van der Waals surface area contributed by atoms with Gasteiger partial charge in [-0.05, 0) is 12.8 Å². The van der Waals surface area contributed by atoms with Crippen molar-refractivity contribution in [3.8, 4) is 0 Å². The predicted octanol–water partition coefficient (Wildman–Crippen LogP) is -0.376. The third-order valence-electron chi connectivity index (χ3n) is 2.13. The van der Waals surface area contributed by atoms with Crippen molar-refractivity contribution in [2.24, 2.45) is 10.7 Å². The van der Waals surface area contributed by atoms with Crippen LogP contribution in [0.4, 0.5) is 0 Å². The Hall–Kier alpha value is -1.04. The van der Waals surface area contributed by atoms with Gasteiger partial charge in [-0.1, -0.05) is 0 Å². The first kappa shape index (κ1) is 8.55. The number of nitrogens with zero attached hydrogens (tertiary/aromatic N) is 2. The molecule has 0 amide bonds. The smallest absolute Gasteiger partial charge is 0.236 e. The van der Waals surface area contributed by atoms with Gasteiger partial charge in [0.15, 0.2) is 0 Å². The highest BCUT2D eigenvalue weighted by Crippen LogP contribution is 2.18. The minimum atomic E-state index is -3.33. The molecule has 1 fully saturated rings. The van der Waals surface area contributed by atoms with Crippen molar-refractivity contribution in [2.75, 3.05) is 13.1 Å². The maximum atomic E-state index is 11.4. The third-order valence-corrected chi connectivity index (χ3v) is 3.54. The second-order valence-electron chi connectivity index (χ2n) is 3.18. The Balaban J connectivity index is 2.31. The van der Waals surface area contributed by atoms with E-state index in [-0.39, 0.29) is 11.0 Å². The fourth-order valence-electron chi connectivity index (χ4n) is 1.57. The zero-order valence-corrected chi connectivity index (χ0v) is 7.92. The number of sulfone groups is 1. The molecule has 0 saturated carbocycles. The first-order valence-electron chi connectivity index (χ1n) is 4.15. The molecule has 2 rings (SSSR count). The minimum absolute atomic E-state index is 0.0851. The summed E-state index contributed by atoms with van der Waals surface area (Å²) in [6.07, 6.45) is 2.04. The molecular formula is C7H11N3O2S. The number of likely N-dealkylation sites (tertiary alicyclic amines) is 1. The Morgan fingerprint density at radius 2 is 2.00 bits per heavy atom. The lowest BCUT2D eigenvalue weighted by Gasteiger charge is -2.15. The van der Waals surface area contributed by atoms with E-state index in [1.54, 1.807) is 4.90 Å². The van der Waals surface area contributed by atoms with Crippen molar-refractivity contribution in [2.45, 2.75) is 12.8 Å². The van der Waals surface area contributed by atoms with E-state index in [4.69, 9.17) is 5.73 Å². The Morgan fingerprint density at radius 1 is 1.38 bits per heavy atom. The van der Waals surface area contributed by atoms with Gasteiger partial charge in [-0.3, -0.25) is 0 Å². The van der Waals surface area contributed by atoms with Crippen LogP contribution in [0, 0.1) is 0 Å². The molecule has 1 saturated heterocycles. The Bertz CT molecular complexity index is 377. The SMILES string of the molecule is NC1=CS(=O)(=O)C(N2CCCC2)=N1. The van der Waals surface area contributed by atoms with E-state index in [1.807, 2.05) is 0 Å². The molecule has 0 aromatic carbocycles. The van der Waals surface area contributed by atoms with Crippen molar-refractivity contribution < 1.29 is 8.42 Å². The van der Waals surface area contributed by atoms with Gasteiger partial charge in [-0.25, -0.2) is 13.4 Å². The number of aliphatic imine (C=N–C) groups is 1. The number of hydrogen-bond acceptors (Lipinski definition) is 5. The van der Waals surface area contributed by atoms with Gasteiger partial charge < -0.3 is 10.6 Å². The second kappa shape index (κ2) is 2.73. The minimum Gasteiger partial charge on any atom is -0.383 e. The van der Waals surface area contributed by atoms with Crippen molar-refractivity contribution in [1.29, 1.82) is 0 Å². The summed E-state index contributed by atoms with van der Waals surface area (Å²) in [6.45, 7) is 1.53. The number of rotatable bonds is 0. The van der Waals surface area contributed by atoms with Crippen LogP contribution in [-0.4, -0.2) is 31.6 Å². The fourth-order valence-corrected chi connectivity index (χ4v) is 2.82. The van der Waals surface area contributed by atoms with Crippen LogP contribution >= 0.6 is 0 Å². The average Bonchev–Trinajstić information content (AvgIpc) is 2.56. The van der Waals surface area contributed by atoms with Crippen molar-refractivity contribution >= 4 is 15.0 Å². The maximum Gasteiger partial charge on any atom is 0.236 e. The molecule has 2 aliphatic rings. The largest absolute Gasteiger partial charge is 0.383 e. The van der Waals surface area contributed by atoms with E-state index >= 15 is 0 Å². The normalized spacial score (nSPS) is 26.0. The third kappa shape index (κ3) is 1.41. The predicted molar refractivity (Wildman–Crippen MR) is 49.4 cm³/mol. The fraction of sp³-hybridized carbons (Fsp3) is 0.571. The first-order chi connectivity index (χ1) is 6.09. The lowest BCUT2D eigenvalue weighted by atomic mass is 10.4. The van der Waals surface area contributed by atoms with E-state index in [9.17, 15) is 8.42 Å². The van der Waals surface area contributed by atoms with Gasteiger partial charge in [0.05, 0.1) is 5.41 Å². The highest BCUT2D eigenvalue weighted by molar-refractivity contribution is 8.09. The summed E-state index contributed by atoms with van der Waals surface area (Å²) in [4.78, 5) is 5.59. The lowest BCUT2D eigenvalue weighted by Crippen LogP contribution is -2.31. The molecule has 2 heterocycles.